The van der Waals surface area contributed by atoms with Crippen molar-refractivity contribution >= 4 is 48.8 Å². The standard InChI is InChI=1S/C28H41O7S2/c1-27(2,19-29)13-7-5-9-22-15-20(30)17-24(36(22)34)11-12-25-18-21(31)16-23(37(25)35)10-6-8-14-28(3,4)26(32)33/h11-12,15,18,29H,5-10,13-14,16-17,19H2,1-4H3,(H2-,31,32,33,34,35)/q-1/p-1. The highest BCUT2D eigenvalue weighted by molar-refractivity contribution is 8.15. The van der Waals surface area contributed by atoms with E-state index in [1.807, 2.05) is 13.8 Å². The highest BCUT2D eigenvalue weighted by Crippen LogP contribution is 2.35. The van der Waals surface area contributed by atoms with Crippen molar-refractivity contribution in [3.05, 3.63) is 34.1 Å². The lowest BCUT2D eigenvalue weighted by Crippen LogP contribution is -2.23. The maximum atomic E-state index is 13.1. The van der Waals surface area contributed by atoms with Crippen molar-refractivity contribution in [3.8, 4) is 0 Å². The van der Waals surface area contributed by atoms with Crippen LogP contribution in [0.5, 0.6) is 0 Å². The van der Waals surface area contributed by atoms with E-state index >= 15 is 0 Å². The summed E-state index contributed by atoms with van der Waals surface area (Å²) in [7, 11) is -2.96. The van der Waals surface area contributed by atoms with Crippen LogP contribution in [0.25, 0.3) is 0 Å². The van der Waals surface area contributed by atoms with Gasteiger partial charge in [-0.25, -0.2) is 21.5 Å². The zero-order valence-corrected chi connectivity index (χ0v) is 24.0. The van der Waals surface area contributed by atoms with Crippen molar-refractivity contribution in [2.45, 2.75) is 91.9 Å². The first-order chi connectivity index (χ1) is 17.3. The molecule has 0 aliphatic carbocycles. The summed E-state index contributed by atoms with van der Waals surface area (Å²) in [5.41, 5.74) is -0.991. The number of hydrogen-bond donors (Lipinski definition) is 2. The molecule has 2 atom stereocenters. The van der Waals surface area contributed by atoms with Crippen molar-refractivity contribution in [3.63, 3.8) is 0 Å². The molecule has 7 nitrogen and oxygen atoms in total. The summed E-state index contributed by atoms with van der Waals surface area (Å²) < 4.78 is 26.1. The summed E-state index contributed by atoms with van der Waals surface area (Å²) >= 11 is 0. The van der Waals surface area contributed by atoms with Gasteiger partial charge in [-0.05, 0) is 95.6 Å². The van der Waals surface area contributed by atoms with Gasteiger partial charge >= 0.3 is 5.97 Å². The Labute approximate surface area is 225 Å². The van der Waals surface area contributed by atoms with E-state index in [4.69, 9.17) is 0 Å². The molecule has 208 valence electrons. The molecule has 0 fully saturated rings. The molecule has 0 radical (unpaired) electrons. The Balaban J connectivity index is 2.05. The van der Waals surface area contributed by atoms with E-state index in [1.165, 1.54) is 18.2 Å². The maximum Gasteiger partial charge on any atom is 0.309 e. The molecule has 9 heteroatoms. The van der Waals surface area contributed by atoms with Crippen molar-refractivity contribution in [1.29, 1.82) is 0 Å². The van der Waals surface area contributed by atoms with E-state index in [0.29, 0.717) is 51.6 Å². The van der Waals surface area contributed by atoms with Gasteiger partial charge in [-0.3, -0.25) is 14.4 Å². The third-order valence-electron chi connectivity index (χ3n) is 6.77. The van der Waals surface area contributed by atoms with E-state index in [9.17, 15) is 33.7 Å². The molecular formula is C28H40O7S2-2. The summed E-state index contributed by atoms with van der Waals surface area (Å²) in [5.74, 6) is -1.14. The van der Waals surface area contributed by atoms with Crippen LogP contribution < -0.4 is 0 Å². The normalized spacial score (nSPS) is 21.5. The largest absolute Gasteiger partial charge is 0.799 e. The Bertz CT molecular complexity index is 1060. The van der Waals surface area contributed by atoms with Gasteiger partial charge in [0.2, 0.25) is 0 Å². The number of carboxylic acid groups (broad SMARTS) is 1. The van der Waals surface area contributed by atoms with Crippen LogP contribution in [0, 0.1) is 10.8 Å². The third-order valence-corrected chi connectivity index (χ3v) is 9.88. The maximum absolute atomic E-state index is 13.1. The summed E-state index contributed by atoms with van der Waals surface area (Å²) in [5, 5.41) is 18.6. The highest BCUT2D eigenvalue weighted by Gasteiger charge is 2.26. The number of aliphatic carboxylic acids is 1. The van der Waals surface area contributed by atoms with Gasteiger partial charge in [-0.2, -0.15) is 0 Å². The molecule has 2 aliphatic rings. The van der Waals surface area contributed by atoms with Crippen LogP contribution in [0.3, 0.4) is 0 Å². The number of ketones is 2. The number of allylic oxidation sites excluding steroid dienone is 5. The van der Waals surface area contributed by atoms with E-state index in [0.717, 1.165) is 19.3 Å². The second-order valence-electron chi connectivity index (χ2n) is 11.2. The lowest BCUT2D eigenvalue weighted by molar-refractivity contribution is -0.147. The monoisotopic (exact) mass is 552 g/mol. The summed E-state index contributed by atoms with van der Waals surface area (Å²) in [6, 6.07) is 0. The Morgan fingerprint density at radius 2 is 1.54 bits per heavy atom. The number of aliphatic hydroxyl groups is 1. The molecule has 0 aromatic rings. The SMILES string of the molecule is CC(C)(CO)CCCCC1=CC(=O)CC(C=CC2=CC(=O)CC(CCCCC(C)(C)C(=O)O)=S2[O-])=S1[O-]. The van der Waals surface area contributed by atoms with Crippen LogP contribution in [0.1, 0.15) is 91.9 Å². The van der Waals surface area contributed by atoms with Crippen LogP contribution in [0.15, 0.2) is 34.1 Å². The van der Waals surface area contributed by atoms with Gasteiger partial charge in [0, 0.05) is 19.4 Å². The van der Waals surface area contributed by atoms with Crippen LogP contribution in [0.4, 0.5) is 0 Å². The predicted octanol–water partition coefficient (Wildman–Crippen LogP) is 5.65. The van der Waals surface area contributed by atoms with E-state index in [1.54, 1.807) is 19.9 Å². The molecule has 0 amide bonds. The van der Waals surface area contributed by atoms with Gasteiger partial charge in [-0.15, -0.1) is 0 Å². The minimum atomic E-state index is -1.50. The minimum Gasteiger partial charge on any atom is -0.799 e. The number of rotatable bonds is 14. The quantitative estimate of drug-likeness (QED) is 0.161. The molecule has 0 saturated carbocycles. The van der Waals surface area contributed by atoms with Crippen molar-refractivity contribution in [2.75, 3.05) is 6.61 Å². The number of aliphatic hydroxyl groups excluding tert-OH is 1. The first kappa shape index (κ1) is 31.6. The van der Waals surface area contributed by atoms with Gasteiger partial charge in [0.25, 0.3) is 0 Å². The second kappa shape index (κ2) is 13.9. The molecule has 37 heavy (non-hydrogen) atoms. The molecule has 0 spiro atoms. The average Bonchev–Trinajstić information content (AvgIpc) is 2.82. The number of unbranched alkanes of at least 4 members (excludes halogenated alkanes) is 2. The van der Waals surface area contributed by atoms with Crippen molar-refractivity contribution in [1.82, 2.24) is 0 Å². The fraction of sp³-hybridized carbons (Fsp3) is 0.607. The van der Waals surface area contributed by atoms with Crippen LogP contribution >= 0.6 is 21.5 Å². The molecule has 0 aromatic carbocycles. The fourth-order valence-corrected chi connectivity index (χ4v) is 6.85. The zero-order valence-electron chi connectivity index (χ0n) is 22.3. The lowest BCUT2D eigenvalue weighted by Gasteiger charge is -2.28. The summed E-state index contributed by atoms with van der Waals surface area (Å²) in [4.78, 5) is 37.8. The molecule has 0 aromatic heterocycles. The zero-order chi connectivity index (χ0) is 27.8. The molecule has 2 N–H and O–H groups in total. The van der Waals surface area contributed by atoms with Gasteiger partial charge in [0.15, 0.2) is 11.6 Å². The number of carboxylic acids is 1. The molecular weight excluding hydrogens is 512 g/mol. The topological polar surface area (TPSA) is 138 Å². The molecule has 2 rings (SSSR count). The Morgan fingerprint density at radius 3 is 2.19 bits per heavy atom. The van der Waals surface area contributed by atoms with Gasteiger partial charge in [0.1, 0.15) is 0 Å². The average molecular weight is 553 g/mol. The van der Waals surface area contributed by atoms with Gasteiger partial charge < -0.3 is 19.3 Å². The van der Waals surface area contributed by atoms with Crippen molar-refractivity contribution in [2.24, 2.45) is 10.8 Å². The number of hydrogen-bond acceptors (Lipinski definition) is 6. The first-order valence-electron chi connectivity index (χ1n) is 12.8. The van der Waals surface area contributed by atoms with Crippen LogP contribution in [-0.4, -0.2) is 53.2 Å². The first-order valence-corrected chi connectivity index (χ1v) is 15.1. The van der Waals surface area contributed by atoms with Crippen molar-refractivity contribution < 1.29 is 33.7 Å². The Morgan fingerprint density at radius 1 is 0.919 bits per heavy atom. The highest BCUT2D eigenvalue weighted by atomic mass is 32.2. The van der Waals surface area contributed by atoms with E-state index in [-0.39, 0.29) is 36.4 Å². The van der Waals surface area contributed by atoms with Gasteiger partial charge in [0.05, 0.1) is 5.41 Å². The molecule has 0 saturated heterocycles. The van der Waals surface area contributed by atoms with Crippen LogP contribution in [-0.2, 0) is 14.4 Å². The Kier molecular flexibility index (Phi) is 11.9. The molecule has 2 unspecified atom stereocenters. The summed E-state index contributed by atoms with van der Waals surface area (Å²) in [6.45, 7) is 7.43. The second-order valence-corrected chi connectivity index (χ2v) is 14.4. The molecule has 2 aliphatic heterocycles. The predicted molar refractivity (Wildman–Crippen MR) is 151 cm³/mol. The lowest BCUT2D eigenvalue weighted by atomic mass is 9.87. The smallest absolute Gasteiger partial charge is 0.309 e. The van der Waals surface area contributed by atoms with Gasteiger partial charge in [-0.1, -0.05) is 32.8 Å². The molecule has 2 heterocycles. The van der Waals surface area contributed by atoms with E-state index < -0.39 is 32.9 Å². The minimum absolute atomic E-state index is 0.0218. The Hall–Kier alpha value is -1.65. The third kappa shape index (κ3) is 9.87. The summed E-state index contributed by atoms with van der Waals surface area (Å²) in [6.07, 6.45) is 11.3. The molecule has 0 bridgehead atoms. The number of carbonyl (C=O) groups is 3. The fourth-order valence-electron chi connectivity index (χ4n) is 4.11. The van der Waals surface area contributed by atoms with E-state index in [2.05, 4.69) is 0 Å². The number of carbonyl (C=O) groups excluding carboxylic acids is 2. The van der Waals surface area contributed by atoms with Crippen LogP contribution in [0.2, 0.25) is 0 Å².